The Morgan fingerprint density at radius 3 is 2.27 bits per heavy atom. The van der Waals surface area contributed by atoms with Crippen LogP contribution in [0.5, 0.6) is 6.01 Å². The fourth-order valence-corrected chi connectivity index (χ4v) is 2.22. The molecule has 0 N–H and O–H groups in total. The summed E-state index contributed by atoms with van der Waals surface area (Å²) in [6, 6.07) is 6.21. The standard InChI is InChI=1S/C16H16ClFN2O2/c1-10(2)22-16-19-8-12(9-20-16)14(7-15(17)21)11-3-5-13(18)6-4-11/h3-6,8-10,14H,7H2,1-2H3/t14-/m0/s1. The highest BCUT2D eigenvalue weighted by atomic mass is 35.5. The van der Waals surface area contributed by atoms with Crippen LogP contribution in [0, 0.1) is 5.82 Å². The van der Waals surface area contributed by atoms with Crippen LogP contribution in [-0.2, 0) is 4.79 Å². The number of halogens is 2. The lowest BCUT2D eigenvalue weighted by Crippen LogP contribution is -2.10. The zero-order valence-corrected chi connectivity index (χ0v) is 13.0. The molecule has 0 aliphatic heterocycles. The van der Waals surface area contributed by atoms with Gasteiger partial charge in [0.25, 0.3) is 0 Å². The van der Waals surface area contributed by atoms with E-state index >= 15 is 0 Å². The molecule has 0 aliphatic carbocycles. The lowest BCUT2D eigenvalue weighted by Gasteiger charge is -2.16. The molecule has 4 nitrogen and oxygen atoms in total. The van der Waals surface area contributed by atoms with Gasteiger partial charge >= 0.3 is 6.01 Å². The van der Waals surface area contributed by atoms with Crippen LogP contribution in [0.1, 0.15) is 37.3 Å². The molecule has 22 heavy (non-hydrogen) atoms. The van der Waals surface area contributed by atoms with Gasteiger partial charge in [-0.15, -0.1) is 0 Å². The predicted octanol–water partition coefficient (Wildman–Crippen LogP) is 3.69. The van der Waals surface area contributed by atoms with E-state index in [1.54, 1.807) is 24.5 Å². The minimum absolute atomic E-state index is 0.0248. The Hall–Kier alpha value is -2.01. The second kappa shape index (κ2) is 7.31. The average Bonchev–Trinajstić information content (AvgIpc) is 2.46. The quantitative estimate of drug-likeness (QED) is 0.761. The molecule has 1 aromatic heterocycles. The van der Waals surface area contributed by atoms with E-state index in [1.165, 1.54) is 12.1 Å². The van der Waals surface area contributed by atoms with E-state index < -0.39 is 5.24 Å². The minimum atomic E-state index is -0.475. The van der Waals surface area contributed by atoms with Crippen LogP contribution in [-0.4, -0.2) is 21.3 Å². The highest BCUT2D eigenvalue weighted by Gasteiger charge is 2.18. The Bertz CT molecular complexity index is 630. The summed E-state index contributed by atoms with van der Waals surface area (Å²) in [4.78, 5) is 19.6. The van der Waals surface area contributed by atoms with E-state index in [2.05, 4.69) is 9.97 Å². The minimum Gasteiger partial charge on any atom is -0.461 e. The van der Waals surface area contributed by atoms with Crippen LogP contribution in [0.2, 0.25) is 0 Å². The van der Waals surface area contributed by atoms with Crippen LogP contribution in [0.4, 0.5) is 4.39 Å². The van der Waals surface area contributed by atoms with Gasteiger partial charge in [0.1, 0.15) is 5.82 Å². The van der Waals surface area contributed by atoms with Crippen molar-refractivity contribution in [1.82, 2.24) is 9.97 Å². The molecule has 0 unspecified atom stereocenters. The van der Waals surface area contributed by atoms with Crippen molar-refractivity contribution in [2.45, 2.75) is 32.3 Å². The van der Waals surface area contributed by atoms with E-state index in [9.17, 15) is 9.18 Å². The number of benzene rings is 1. The molecule has 0 saturated heterocycles. The lowest BCUT2D eigenvalue weighted by atomic mass is 9.91. The van der Waals surface area contributed by atoms with Gasteiger partial charge in [-0.05, 0) is 48.7 Å². The van der Waals surface area contributed by atoms with E-state index in [-0.39, 0.29) is 30.3 Å². The lowest BCUT2D eigenvalue weighted by molar-refractivity contribution is -0.111. The van der Waals surface area contributed by atoms with Gasteiger partial charge in [0.2, 0.25) is 5.24 Å². The number of carbonyl (C=O) groups excluding carboxylic acids is 1. The maximum Gasteiger partial charge on any atom is 0.316 e. The van der Waals surface area contributed by atoms with Crippen molar-refractivity contribution in [3.63, 3.8) is 0 Å². The first-order valence-corrected chi connectivity index (χ1v) is 7.26. The summed E-state index contributed by atoms with van der Waals surface area (Å²) in [6.07, 6.45) is 3.25. The van der Waals surface area contributed by atoms with Crippen LogP contribution in [0.25, 0.3) is 0 Å². The molecule has 116 valence electrons. The highest BCUT2D eigenvalue weighted by molar-refractivity contribution is 6.63. The van der Waals surface area contributed by atoms with Crippen molar-refractivity contribution in [2.24, 2.45) is 0 Å². The normalized spacial score (nSPS) is 12.2. The van der Waals surface area contributed by atoms with E-state index in [0.717, 1.165) is 11.1 Å². The molecule has 0 aliphatic rings. The van der Waals surface area contributed by atoms with E-state index in [1.807, 2.05) is 13.8 Å². The third-order valence-electron chi connectivity index (χ3n) is 3.03. The summed E-state index contributed by atoms with van der Waals surface area (Å²) in [7, 11) is 0. The maximum absolute atomic E-state index is 13.1. The molecule has 1 heterocycles. The molecule has 0 saturated carbocycles. The molecule has 0 bridgehead atoms. The van der Waals surface area contributed by atoms with Crippen molar-refractivity contribution in [3.8, 4) is 6.01 Å². The first-order valence-electron chi connectivity index (χ1n) is 6.88. The number of ether oxygens (including phenoxy) is 1. The SMILES string of the molecule is CC(C)Oc1ncc([C@@H](CC(=O)Cl)c2ccc(F)cc2)cn1. The zero-order valence-electron chi connectivity index (χ0n) is 12.3. The Morgan fingerprint density at radius 2 is 1.77 bits per heavy atom. The van der Waals surface area contributed by atoms with Gasteiger partial charge in [0.05, 0.1) is 6.10 Å². The monoisotopic (exact) mass is 322 g/mol. The molecule has 0 radical (unpaired) electrons. The predicted molar refractivity (Wildman–Crippen MR) is 81.5 cm³/mol. The molecular formula is C16H16ClFN2O2. The van der Waals surface area contributed by atoms with Crippen molar-refractivity contribution in [1.29, 1.82) is 0 Å². The molecule has 2 rings (SSSR count). The summed E-state index contributed by atoms with van der Waals surface area (Å²) in [5.74, 6) is -0.657. The van der Waals surface area contributed by atoms with Gasteiger partial charge in [-0.3, -0.25) is 4.79 Å². The van der Waals surface area contributed by atoms with Crippen LogP contribution >= 0.6 is 11.6 Å². The molecule has 2 aromatic rings. The molecule has 1 aromatic carbocycles. The van der Waals surface area contributed by atoms with E-state index in [4.69, 9.17) is 16.3 Å². The zero-order chi connectivity index (χ0) is 16.1. The van der Waals surface area contributed by atoms with Gasteiger partial charge < -0.3 is 4.74 Å². The highest BCUT2D eigenvalue weighted by Crippen LogP contribution is 2.28. The molecule has 6 heteroatoms. The van der Waals surface area contributed by atoms with Crippen molar-refractivity contribution in [2.75, 3.05) is 0 Å². The Labute approximate surface area is 133 Å². The molecule has 0 spiro atoms. The van der Waals surface area contributed by atoms with Crippen molar-refractivity contribution < 1.29 is 13.9 Å². The largest absolute Gasteiger partial charge is 0.461 e. The van der Waals surface area contributed by atoms with Gasteiger partial charge in [-0.1, -0.05) is 12.1 Å². The first kappa shape index (κ1) is 16.4. The summed E-state index contributed by atoms with van der Waals surface area (Å²) < 4.78 is 18.4. The topological polar surface area (TPSA) is 52.1 Å². The number of rotatable bonds is 6. The van der Waals surface area contributed by atoms with Gasteiger partial charge in [0, 0.05) is 24.7 Å². The molecule has 0 fully saturated rings. The maximum atomic E-state index is 13.1. The van der Waals surface area contributed by atoms with Crippen LogP contribution in [0.15, 0.2) is 36.7 Å². The summed E-state index contributed by atoms with van der Waals surface area (Å²) in [6.45, 7) is 3.76. The fourth-order valence-electron chi connectivity index (χ4n) is 2.06. The van der Waals surface area contributed by atoms with Gasteiger partial charge in [0.15, 0.2) is 0 Å². The van der Waals surface area contributed by atoms with Crippen LogP contribution < -0.4 is 4.74 Å². The summed E-state index contributed by atoms with van der Waals surface area (Å²) in [5.41, 5.74) is 1.49. The molecular weight excluding hydrogens is 307 g/mol. The average molecular weight is 323 g/mol. The smallest absolute Gasteiger partial charge is 0.316 e. The van der Waals surface area contributed by atoms with Crippen LogP contribution in [0.3, 0.4) is 0 Å². The number of aromatic nitrogens is 2. The second-order valence-electron chi connectivity index (χ2n) is 5.13. The summed E-state index contributed by atoms with van der Waals surface area (Å²) in [5, 5.41) is -0.475. The Morgan fingerprint density at radius 1 is 1.18 bits per heavy atom. The van der Waals surface area contributed by atoms with Crippen molar-refractivity contribution >= 4 is 16.8 Å². The second-order valence-corrected chi connectivity index (χ2v) is 5.55. The summed E-state index contributed by atoms with van der Waals surface area (Å²) >= 11 is 5.53. The number of carbonyl (C=O) groups is 1. The number of hydrogen-bond acceptors (Lipinski definition) is 4. The van der Waals surface area contributed by atoms with Gasteiger partial charge in [-0.25, -0.2) is 14.4 Å². The number of nitrogens with zero attached hydrogens (tertiary/aromatic N) is 2. The third kappa shape index (κ3) is 4.49. The molecule has 1 atom stereocenters. The van der Waals surface area contributed by atoms with Crippen molar-refractivity contribution in [3.05, 3.63) is 53.6 Å². The third-order valence-corrected chi connectivity index (χ3v) is 3.18. The number of hydrogen-bond donors (Lipinski definition) is 0. The Kier molecular flexibility index (Phi) is 5.44. The Balaban J connectivity index is 2.28. The van der Waals surface area contributed by atoms with E-state index in [0.29, 0.717) is 0 Å². The first-order chi connectivity index (χ1) is 10.5. The fraction of sp³-hybridized carbons (Fsp3) is 0.312. The van der Waals surface area contributed by atoms with Gasteiger partial charge in [-0.2, -0.15) is 0 Å². The molecule has 0 amide bonds.